The average molecular weight is 559 g/mol. The lowest BCUT2D eigenvalue weighted by Gasteiger charge is -2.16. The number of carboxylic acids is 2. The summed E-state index contributed by atoms with van der Waals surface area (Å²) in [5.74, 6) is -2.16. The summed E-state index contributed by atoms with van der Waals surface area (Å²) in [5.41, 5.74) is 2.42. The van der Waals surface area contributed by atoms with Crippen LogP contribution in [0.15, 0.2) is 115 Å². The van der Waals surface area contributed by atoms with Crippen LogP contribution < -0.4 is 4.74 Å². The molecular formula is C32H30O9. The van der Waals surface area contributed by atoms with E-state index in [4.69, 9.17) is 20.1 Å². The van der Waals surface area contributed by atoms with E-state index in [1.807, 2.05) is 6.07 Å². The first-order valence-electron chi connectivity index (χ1n) is 11.9. The zero-order valence-electron chi connectivity index (χ0n) is 22.6. The van der Waals surface area contributed by atoms with E-state index in [1.165, 1.54) is 13.8 Å². The number of aliphatic carboxylic acids is 2. The van der Waals surface area contributed by atoms with Gasteiger partial charge in [0.2, 0.25) is 0 Å². The predicted molar refractivity (Wildman–Crippen MR) is 153 cm³/mol. The van der Waals surface area contributed by atoms with E-state index in [9.17, 15) is 24.0 Å². The fourth-order valence-electron chi connectivity index (χ4n) is 2.78. The van der Waals surface area contributed by atoms with Crippen LogP contribution >= 0.6 is 0 Å². The third-order valence-corrected chi connectivity index (χ3v) is 5.00. The maximum absolute atomic E-state index is 12.1. The summed E-state index contributed by atoms with van der Waals surface area (Å²) in [6, 6.07) is 22.5. The van der Waals surface area contributed by atoms with Gasteiger partial charge in [0.1, 0.15) is 5.75 Å². The van der Waals surface area contributed by atoms with Crippen LogP contribution in [0, 0.1) is 0 Å². The van der Waals surface area contributed by atoms with Crippen LogP contribution in [0.4, 0.5) is 0 Å². The number of carbonyl (C=O) groups is 5. The number of carboxylic acid groups (broad SMARTS) is 2. The van der Waals surface area contributed by atoms with E-state index in [-0.39, 0.29) is 34.9 Å². The quantitative estimate of drug-likeness (QED) is 0.176. The number of benzene rings is 3. The number of aliphatic hydroxyl groups is 1. The van der Waals surface area contributed by atoms with Crippen molar-refractivity contribution in [3.63, 3.8) is 0 Å². The van der Waals surface area contributed by atoms with Crippen LogP contribution in [-0.4, -0.2) is 51.4 Å². The molecule has 0 heterocycles. The van der Waals surface area contributed by atoms with E-state index in [0.717, 1.165) is 0 Å². The number of hydrogen-bond donors (Lipinski definition) is 3. The Morgan fingerprint density at radius 2 is 0.927 bits per heavy atom. The predicted octanol–water partition coefficient (Wildman–Crippen LogP) is 4.90. The molecule has 1 aliphatic carbocycles. The van der Waals surface area contributed by atoms with Gasteiger partial charge >= 0.3 is 17.9 Å². The molecule has 212 valence electrons. The average Bonchev–Trinajstić information content (AvgIpc) is 2.97. The van der Waals surface area contributed by atoms with E-state index in [1.54, 1.807) is 72.8 Å². The van der Waals surface area contributed by atoms with Gasteiger partial charge in [-0.05, 0) is 26.0 Å². The Morgan fingerprint density at radius 3 is 1.20 bits per heavy atom. The van der Waals surface area contributed by atoms with Gasteiger partial charge in [0.15, 0.2) is 11.6 Å². The molecule has 0 spiro atoms. The van der Waals surface area contributed by atoms with E-state index in [0.29, 0.717) is 28.0 Å². The molecule has 0 amide bonds. The Morgan fingerprint density at radius 1 is 0.634 bits per heavy atom. The largest absolute Gasteiger partial charge is 0.478 e. The highest BCUT2D eigenvalue weighted by Gasteiger charge is 2.28. The first kappa shape index (κ1) is 33.6. The summed E-state index contributed by atoms with van der Waals surface area (Å²) in [7, 11) is 0. The highest BCUT2D eigenvalue weighted by molar-refractivity contribution is 6.28. The summed E-state index contributed by atoms with van der Waals surface area (Å²) in [5, 5.41) is 24.4. The molecule has 0 atom stereocenters. The second kappa shape index (κ2) is 16.5. The van der Waals surface area contributed by atoms with Crippen molar-refractivity contribution in [2.45, 2.75) is 13.8 Å². The fraction of sp³-hybridized carbons (Fsp3) is 0.0938. The van der Waals surface area contributed by atoms with E-state index in [2.05, 4.69) is 19.7 Å². The van der Waals surface area contributed by atoms with Crippen molar-refractivity contribution in [3.05, 3.63) is 138 Å². The Labute approximate surface area is 237 Å². The molecule has 0 aromatic heterocycles. The number of esters is 1. The van der Waals surface area contributed by atoms with Gasteiger partial charge in [-0.2, -0.15) is 0 Å². The Bertz CT molecular complexity index is 1310. The lowest BCUT2D eigenvalue weighted by Crippen LogP contribution is -2.20. The van der Waals surface area contributed by atoms with Crippen LogP contribution in [0.5, 0.6) is 5.75 Å². The van der Waals surface area contributed by atoms with Gasteiger partial charge in [-0.3, -0.25) is 9.59 Å². The normalized spacial score (nSPS) is 10.3. The number of fused-ring (bicyclic) bond motifs is 2. The van der Waals surface area contributed by atoms with Crippen molar-refractivity contribution in [2.75, 3.05) is 6.61 Å². The van der Waals surface area contributed by atoms with E-state index >= 15 is 0 Å². The minimum Gasteiger partial charge on any atom is -0.478 e. The third kappa shape index (κ3) is 10.7. The third-order valence-electron chi connectivity index (χ3n) is 5.00. The minimum absolute atomic E-state index is 0.0452. The van der Waals surface area contributed by atoms with E-state index < -0.39 is 17.9 Å². The Balaban J connectivity index is 0.000000301. The number of ether oxygens (including phenoxy) is 1. The van der Waals surface area contributed by atoms with Gasteiger partial charge in [0, 0.05) is 33.4 Å². The SMILES string of the molecule is C=C(C)C(=O)O.C=C(C)C(=O)O.C=C(CO)C(=O)Oc1ccccc1.O=C1c2ccccc2C(=O)c2ccccc21. The Hall–Kier alpha value is -5.41. The fourth-order valence-corrected chi connectivity index (χ4v) is 2.78. The summed E-state index contributed by atoms with van der Waals surface area (Å²) in [4.78, 5) is 54.5. The summed E-state index contributed by atoms with van der Waals surface area (Å²) < 4.78 is 4.87. The molecule has 0 saturated carbocycles. The molecular weight excluding hydrogens is 528 g/mol. The van der Waals surface area contributed by atoms with Gasteiger partial charge in [0.05, 0.1) is 12.2 Å². The van der Waals surface area contributed by atoms with Crippen molar-refractivity contribution in [1.82, 2.24) is 0 Å². The standard InChI is InChI=1S/C14H8O2.C10H10O3.2C4H6O2/c15-13-9-5-1-2-6-10(9)14(16)12-8-4-3-7-11(12)13;1-8(7-11)10(12)13-9-5-3-2-4-6-9;2*1-3(2)4(5)6/h1-8H;2-6,11H,1,7H2;2*1H2,2H3,(H,5,6). The summed E-state index contributed by atoms with van der Waals surface area (Å²) in [6.45, 7) is 12.2. The molecule has 3 aromatic rings. The number of para-hydroxylation sites is 1. The van der Waals surface area contributed by atoms with Crippen LogP contribution in [0.3, 0.4) is 0 Å². The van der Waals surface area contributed by atoms with Crippen molar-refractivity contribution in [3.8, 4) is 5.75 Å². The summed E-state index contributed by atoms with van der Waals surface area (Å²) in [6.07, 6.45) is 0. The smallest absolute Gasteiger partial charge is 0.341 e. The Kier molecular flexibility index (Phi) is 13.6. The molecule has 3 aromatic carbocycles. The van der Waals surface area contributed by atoms with Gasteiger partial charge in [0.25, 0.3) is 0 Å². The molecule has 0 fully saturated rings. The van der Waals surface area contributed by atoms with Crippen molar-refractivity contribution in [2.24, 2.45) is 0 Å². The number of hydrogen-bond acceptors (Lipinski definition) is 7. The molecule has 9 nitrogen and oxygen atoms in total. The molecule has 0 bridgehead atoms. The molecule has 0 saturated heterocycles. The first-order chi connectivity index (χ1) is 19.3. The van der Waals surface area contributed by atoms with Crippen LogP contribution in [0.25, 0.3) is 0 Å². The highest BCUT2D eigenvalue weighted by atomic mass is 16.5. The zero-order chi connectivity index (χ0) is 31.1. The maximum Gasteiger partial charge on any atom is 0.341 e. The second-order valence-electron chi connectivity index (χ2n) is 8.38. The zero-order valence-corrected chi connectivity index (χ0v) is 22.6. The topological polar surface area (TPSA) is 155 Å². The number of ketones is 2. The molecule has 0 unspecified atom stereocenters. The van der Waals surface area contributed by atoms with Crippen molar-refractivity contribution < 1.29 is 44.0 Å². The maximum atomic E-state index is 12.1. The molecule has 3 N–H and O–H groups in total. The van der Waals surface area contributed by atoms with Gasteiger partial charge in [-0.15, -0.1) is 0 Å². The lowest BCUT2D eigenvalue weighted by atomic mass is 9.84. The van der Waals surface area contributed by atoms with Crippen LogP contribution in [-0.2, 0) is 14.4 Å². The number of rotatable bonds is 5. The molecule has 0 aliphatic heterocycles. The van der Waals surface area contributed by atoms with Gasteiger partial charge in [-0.1, -0.05) is 86.5 Å². The summed E-state index contributed by atoms with van der Waals surface area (Å²) >= 11 is 0. The van der Waals surface area contributed by atoms with Crippen molar-refractivity contribution in [1.29, 1.82) is 0 Å². The molecule has 1 aliphatic rings. The molecule has 0 radical (unpaired) electrons. The molecule has 9 heteroatoms. The molecule has 4 rings (SSSR count). The number of aliphatic hydroxyl groups excluding tert-OH is 1. The van der Waals surface area contributed by atoms with Crippen LogP contribution in [0.2, 0.25) is 0 Å². The second-order valence-corrected chi connectivity index (χ2v) is 8.38. The highest BCUT2D eigenvalue weighted by Crippen LogP contribution is 2.26. The van der Waals surface area contributed by atoms with Gasteiger partial charge in [-0.25, -0.2) is 14.4 Å². The first-order valence-corrected chi connectivity index (χ1v) is 11.9. The number of carbonyl (C=O) groups excluding carboxylic acids is 3. The van der Waals surface area contributed by atoms with Gasteiger partial charge < -0.3 is 20.1 Å². The van der Waals surface area contributed by atoms with Crippen LogP contribution in [0.1, 0.15) is 45.7 Å². The molecule has 41 heavy (non-hydrogen) atoms. The van der Waals surface area contributed by atoms with Crippen molar-refractivity contribution >= 4 is 29.5 Å². The minimum atomic E-state index is -0.935. The lowest BCUT2D eigenvalue weighted by molar-refractivity contribution is -0.133. The monoisotopic (exact) mass is 558 g/mol.